The number of benzene rings is 2. The summed E-state index contributed by atoms with van der Waals surface area (Å²) in [5, 5.41) is 12.6. The van der Waals surface area contributed by atoms with Crippen molar-refractivity contribution in [2.75, 3.05) is 26.2 Å². The van der Waals surface area contributed by atoms with Crippen LogP contribution in [0.3, 0.4) is 0 Å². The molecule has 0 saturated carbocycles. The predicted octanol–water partition coefficient (Wildman–Crippen LogP) is 3.93. The molecule has 2 aromatic carbocycles. The van der Waals surface area contributed by atoms with Gasteiger partial charge in [0.25, 0.3) is 5.91 Å². The summed E-state index contributed by atoms with van der Waals surface area (Å²) < 4.78 is 27.1. The normalized spacial score (nSPS) is 17.7. The third-order valence-corrected chi connectivity index (χ3v) is 5.82. The molecule has 0 bridgehead atoms. The fourth-order valence-corrected chi connectivity index (χ4v) is 4.21. The summed E-state index contributed by atoms with van der Waals surface area (Å²) in [6.07, 6.45) is 1.81. The Morgan fingerprint density at radius 3 is 2.53 bits per heavy atom. The highest BCUT2D eigenvalue weighted by molar-refractivity contribution is 6.02. The lowest BCUT2D eigenvalue weighted by molar-refractivity contribution is 0.0719. The number of rotatable bonds is 5. The monoisotopic (exact) mass is 435 g/mol. The lowest BCUT2D eigenvalue weighted by Gasteiger charge is -2.33. The van der Waals surface area contributed by atoms with E-state index in [2.05, 4.69) is 10.1 Å². The number of oxime groups is 1. The van der Waals surface area contributed by atoms with Crippen molar-refractivity contribution in [3.8, 4) is 0 Å². The van der Waals surface area contributed by atoms with E-state index < -0.39 is 11.6 Å². The van der Waals surface area contributed by atoms with Gasteiger partial charge in [0.1, 0.15) is 17.3 Å². The summed E-state index contributed by atoms with van der Waals surface area (Å²) in [5.41, 5.74) is 2.18. The van der Waals surface area contributed by atoms with Gasteiger partial charge in [-0.2, -0.15) is 0 Å². The van der Waals surface area contributed by atoms with Crippen LogP contribution in [0, 0.1) is 17.6 Å². The van der Waals surface area contributed by atoms with Crippen LogP contribution in [0.4, 0.5) is 8.78 Å². The van der Waals surface area contributed by atoms with Gasteiger partial charge in [-0.15, -0.1) is 12.4 Å². The van der Waals surface area contributed by atoms with E-state index in [0.29, 0.717) is 19.0 Å². The molecule has 160 valence electrons. The largest absolute Gasteiger partial charge is 0.411 e. The fourth-order valence-electron chi connectivity index (χ4n) is 4.21. The minimum Gasteiger partial charge on any atom is -0.411 e. The third-order valence-electron chi connectivity index (χ3n) is 5.82. The van der Waals surface area contributed by atoms with Crippen molar-refractivity contribution in [3.05, 3.63) is 70.8 Å². The minimum atomic E-state index is -0.736. The topological polar surface area (TPSA) is 56.1 Å². The Morgan fingerprint density at radius 2 is 1.87 bits per heavy atom. The van der Waals surface area contributed by atoms with Crippen LogP contribution in [0.15, 0.2) is 47.6 Å². The van der Waals surface area contributed by atoms with Crippen molar-refractivity contribution >= 4 is 24.0 Å². The second-order valence-electron chi connectivity index (χ2n) is 7.73. The fraction of sp³-hybridized carbons (Fsp3) is 0.364. The predicted molar refractivity (Wildman–Crippen MR) is 112 cm³/mol. The maximum Gasteiger partial charge on any atom is 0.254 e. The van der Waals surface area contributed by atoms with Gasteiger partial charge in [0, 0.05) is 36.8 Å². The SMILES string of the molecule is Cl.O=C1c2ccccc2CN1CC1CCN(CC(=NO)c2ccc(F)cc2F)CC1. The lowest BCUT2D eigenvalue weighted by Crippen LogP contribution is -2.41. The number of nitrogens with zero attached hydrogens (tertiary/aromatic N) is 3. The smallest absolute Gasteiger partial charge is 0.254 e. The second kappa shape index (κ2) is 9.53. The lowest BCUT2D eigenvalue weighted by atomic mass is 9.95. The minimum absolute atomic E-state index is 0. The van der Waals surface area contributed by atoms with E-state index in [0.717, 1.165) is 55.7 Å². The number of likely N-dealkylation sites (tertiary alicyclic amines) is 1. The zero-order valence-corrected chi connectivity index (χ0v) is 17.2. The summed E-state index contributed by atoms with van der Waals surface area (Å²) in [7, 11) is 0. The number of hydrogen-bond donors (Lipinski definition) is 1. The van der Waals surface area contributed by atoms with Crippen molar-refractivity contribution in [2.24, 2.45) is 11.1 Å². The van der Waals surface area contributed by atoms with Crippen LogP contribution in [0.5, 0.6) is 0 Å². The molecule has 0 aliphatic carbocycles. The molecule has 0 spiro atoms. The molecule has 0 aromatic heterocycles. The summed E-state index contributed by atoms with van der Waals surface area (Å²) in [4.78, 5) is 16.5. The number of halogens is 3. The number of piperidine rings is 1. The molecule has 8 heteroatoms. The first-order valence-electron chi connectivity index (χ1n) is 9.81. The molecule has 2 aromatic rings. The molecule has 1 N–H and O–H groups in total. The van der Waals surface area contributed by atoms with Crippen LogP contribution in [-0.2, 0) is 6.54 Å². The van der Waals surface area contributed by atoms with E-state index in [1.54, 1.807) is 0 Å². The molecular formula is C22H24ClF2N3O2. The average Bonchev–Trinajstić information content (AvgIpc) is 3.03. The van der Waals surface area contributed by atoms with Crippen LogP contribution in [-0.4, -0.2) is 52.8 Å². The molecule has 0 atom stereocenters. The third kappa shape index (κ3) is 4.63. The molecule has 2 heterocycles. The van der Waals surface area contributed by atoms with Gasteiger partial charge in [-0.1, -0.05) is 23.4 Å². The number of fused-ring (bicyclic) bond motifs is 1. The van der Waals surface area contributed by atoms with Gasteiger partial charge in [0.05, 0.1) is 0 Å². The molecule has 0 radical (unpaired) electrons. The molecule has 30 heavy (non-hydrogen) atoms. The van der Waals surface area contributed by atoms with Crippen LogP contribution in [0.2, 0.25) is 0 Å². The van der Waals surface area contributed by atoms with Gasteiger partial charge in [0.15, 0.2) is 0 Å². The van der Waals surface area contributed by atoms with Crippen molar-refractivity contribution in [2.45, 2.75) is 19.4 Å². The molecule has 4 rings (SSSR count). The molecule has 2 aliphatic heterocycles. The Morgan fingerprint density at radius 1 is 1.13 bits per heavy atom. The van der Waals surface area contributed by atoms with E-state index in [4.69, 9.17) is 0 Å². The Hall–Kier alpha value is -2.51. The first kappa shape index (κ1) is 22.2. The van der Waals surface area contributed by atoms with E-state index in [9.17, 15) is 18.8 Å². The summed E-state index contributed by atoms with van der Waals surface area (Å²) in [6.45, 7) is 3.22. The van der Waals surface area contributed by atoms with Gasteiger partial charge in [-0.3, -0.25) is 9.69 Å². The van der Waals surface area contributed by atoms with Gasteiger partial charge in [-0.05, 0) is 55.6 Å². The van der Waals surface area contributed by atoms with Crippen molar-refractivity contribution < 1.29 is 18.8 Å². The number of hydrogen-bond acceptors (Lipinski definition) is 4. The van der Waals surface area contributed by atoms with Gasteiger partial charge in [0.2, 0.25) is 0 Å². The van der Waals surface area contributed by atoms with E-state index in [-0.39, 0.29) is 29.6 Å². The first-order valence-corrected chi connectivity index (χ1v) is 9.81. The van der Waals surface area contributed by atoms with Crippen LogP contribution in [0.25, 0.3) is 0 Å². The quantitative estimate of drug-likeness (QED) is 0.440. The second-order valence-corrected chi connectivity index (χ2v) is 7.73. The van der Waals surface area contributed by atoms with Gasteiger partial charge in [-0.25, -0.2) is 8.78 Å². The first-order chi connectivity index (χ1) is 14.0. The Labute approximate surface area is 180 Å². The molecular weight excluding hydrogens is 412 g/mol. The van der Waals surface area contributed by atoms with Crippen LogP contribution < -0.4 is 0 Å². The average molecular weight is 436 g/mol. The highest BCUT2D eigenvalue weighted by Gasteiger charge is 2.30. The van der Waals surface area contributed by atoms with Crippen molar-refractivity contribution in [1.29, 1.82) is 0 Å². The Bertz CT molecular complexity index is 946. The molecule has 0 unspecified atom stereocenters. The molecule has 1 fully saturated rings. The maximum absolute atomic E-state index is 14.0. The van der Waals surface area contributed by atoms with E-state index in [1.807, 2.05) is 29.2 Å². The van der Waals surface area contributed by atoms with Gasteiger partial charge < -0.3 is 10.1 Å². The molecule has 5 nitrogen and oxygen atoms in total. The summed E-state index contributed by atoms with van der Waals surface area (Å²) >= 11 is 0. The number of carbonyl (C=O) groups excluding carboxylic acids is 1. The standard InChI is InChI=1S/C22H23F2N3O2.ClH/c23-17-5-6-19(20(24)11-17)21(25-29)14-26-9-7-15(8-10-26)12-27-13-16-3-1-2-4-18(16)22(27)28;/h1-6,11,15,29H,7-10,12-14H2;1H. The Balaban J connectivity index is 0.00000256. The summed E-state index contributed by atoms with van der Waals surface area (Å²) in [5.74, 6) is -0.895. The van der Waals surface area contributed by atoms with Crippen molar-refractivity contribution in [1.82, 2.24) is 9.80 Å². The molecule has 1 amide bonds. The summed E-state index contributed by atoms with van der Waals surface area (Å²) in [6, 6.07) is 11.0. The molecule has 1 saturated heterocycles. The molecule has 2 aliphatic rings. The zero-order valence-electron chi connectivity index (χ0n) is 16.4. The Kier molecular flexibility index (Phi) is 7.05. The van der Waals surface area contributed by atoms with Crippen LogP contribution >= 0.6 is 12.4 Å². The zero-order chi connectivity index (χ0) is 20.4. The number of amides is 1. The van der Waals surface area contributed by atoms with Crippen LogP contribution in [0.1, 0.15) is 34.3 Å². The highest BCUT2D eigenvalue weighted by Crippen LogP contribution is 2.26. The van der Waals surface area contributed by atoms with Gasteiger partial charge >= 0.3 is 0 Å². The number of carbonyl (C=O) groups is 1. The van der Waals surface area contributed by atoms with E-state index in [1.165, 1.54) is 6.07 Å². The maximum atomic E-state index is 14.0. The van der Waals surface area contributed by atoms with E-state index >= 15 is 0 Å². The van der Waals surface area contributed by atoms with Crippen molar-refractivity contribution in [3.63, 3.8) is 0 Å². The highest BCUT2D eigenvalue weighted by atomic mass is 35.5.